The second-order valence-electron chi connectivity index (χ2n) is 3.40. The lowest BCUT2D eigenvalue weighted by molar-refractivity contribution is -0.129. The Morgan fingerprint density at radius 2 is 2.07 bits per heavy atom. The fourth-order valence-electron chi connectivity index (χ4n) is 1.51. The molecule has 0 N–H and O–H groups in total. The van der Waals surface area contributed by atoms with Crippen LogP contribution >= 0.6 is 11.8 Å². The van der Waals surface area contributed by atoms with Crippen LogP contribution in [0.3, 0.4) is 0 Å². The van der Waals surface area contributed by atoms with E-state index in [0.29, 0.717) is 12.2 Å². The number of carbonyl (C=O) groups excluding carboxylic acids is 1. The predicted molar refractivity (Wildman–Crippen MR) is 58.0 cm³/mol. The number of likely N-dealkylation sites (tertiary alicyclic amines) is 1. The summed E-state index contributed by atoms with van der Waals surface area (Å²) >= 11 is 1.57. The summed E-state index contributed by atoms with van der Waals surface area (Å²) in [6, 6.07) is 2.08. The Labute approximate surface area is 89.5 Å². The van der Waals surface area contributed by atoms with E-state index in [9.17, 15) is 4.79 Å². The van der Waals surface area contributed by atoms with Gasteiger partial charge in [-0.25, -0.2) is 0 Å². The van der Waals surface area contributed by atoms with Gasteiger partial charge in [-0.1, -0.05) is 0 Å². The highest BCUT2D eigenvalue weighted by atomic mass is 32.2. The molecule has 0 unspecified atom stereocenters. The predicted octanol–water partition coefficient (Wildman–Crippen LogP) is 1.65. The van der Waals surface area contributed by atoms with E-state index in [1.54, 1.807) is 11.8 Å². The van der Waals surface area contributed by atoms with Gasteiger partial charge in [0.1, 0.15) is 0 Å². The molecule has 14 heavy (non-hydrogen) atoms. The number of piperidine rings is 1. The van der Waals surface area contributed by atoms with Gasteiger partial charge in [-0.3, -0.25) is 4.79 Å². The number of nitrogens with zero attached hydrogens (tertiary/aromatic N) is 2. The minimum absolute atomic E-state index is 0.243. The molecule has 0 bridgehead atoms. The van der Waals surface area contributed by atoms with Crippen LogP contribution in [0.1, 0.15) is 25.7 Å². The molecule has 1 aliphatic rings. The molecule has 0 radical (unpaired) electrons. The zero-order valence-electron chi connectivity index (χ0n) is 8.37. The molecule has 1 amide bonds. The quantitative estimate of drug-likeness (QED) is 0.665. The first-order valence-electron chi connectivity index (χ1n) is 5.07. The van der Waals surface area contributed by atoms with Crippen LogP contribution in [0.4, 0.5) is 0 Å². The Kier molecular flexibility index (Phi) is 5.46. The van der Waals surface area contributed by atoms with Crippen molar-refractivity contribution in [1.82, 2.24) is 4.90 Å². The molecule has 0 aromatic heterocycles. The molecule has 1 rings (SSSR count). The first kappa shape index (κ1) is 11.4. The Hall–Kier alpha value is -0.690. The van der Waals surface area contributed by atoms with Crippen molar-refractivity contribution in [3.63, 3.8) is 0 Å². The van der Waals surface area contributed by atoms with Crippen LogP contribution in [-0.4, -0.2) is 35.4 Å². The number of carbonyl (C=O) groups is 1. The molecule has 0 aliphatic carbocycles. The molecule has 1 saturated heterocycles. The molecule has 1 aliphatic heterocycles. The van der Waals surface area contributed by atoms with Crippen molar-refractivity contribution in [2.24, 2.45) is 0 Å². The highest BCUT2D eigenvalue weighted by Gasteiger charge is 2.15. The van der Waals surface area contributed by atoms with Crippen LogP contribution in [0.5, 0.6) is 0 Å². The maximum Gasteiger partial charge on any atom is 0.232 e. The van der Waals surface area contributed by atoms with Crippen LogP contribution in [0.2, 0.25) is 0 Å². The lowest BCUT2D eigenvalue weighted by Crippen LogP contribution is -2.36. The summed E-state index contributed by atoms with van der Waals surface area (Å²) < 4.78 is 0. The van der Waals surface area contributed by atoms with Gasteiger partial charge in [-0.05, 0) is 19.3 Å². The van der Waals surface area contributed by atoms with Gasteiger partial charge in [-0.15, -0.1) is 0 Å². The van der Waals surface area contributed by atoms with Gasteiger partial charge in [-0.2, -0.15) is 17.0 Å². The number of nitriles is 1. The number of hydrogen-bond donors (Lipinski definition) is 0. The molecule has 4 heteroatoms. The Morgan fingerprint density at radius 1 is 1.36 bits per heavy atom. The molecule has 3 nitrogen and oxygen atoms in total. The monoisotopic (exact) mass is 212 g/mol. The fourth-order valence-corrected chi connectivity index (χ4v) is 2.25. The zero-order chi connectivity index (χ0) is 10.2. The van der Waals surface area contributed by atoms with Crippen molar-refractivity contribution in [2.45, 2.75) is 25.7 Å². The highest BCUT2D eigenvalue weighted by Crippen LogP contribution is 2.11. The summed E-state index contributed by atoms with van der Waals surface area (Å²) in [5, 5.41) is 8.32. The molecular formula is C10H16N2OS. The van der Waals surface area contributed by atoms with Gasteiger partial charge in [0.2, 0.25) is 5.91 Å². The largest absolute Gasteiger partial charge is 0.342 e. The molecular weight excluding hydrogens is 196 g/mol. The molecule has 0 aromatic carbocycles. The molecule has 78 valence electrons. The van der Waals surface area contributed by atoms with E-state index in [0.717, 1.165) is 31.7 Å². The SMILES string of the molecule is N#CCCSCC(=O)N1CCCCC1. The summed E-state index contributed by atoms with van der Waals surface area (Å²) in [5.74, 6) is 1.56. The second-order valence-corrected chi connectivity index (χ2v) is 4.51. The van der Waals surface area contributed by atoms with E-state index < -0.39 is 0 Å². The summed E-state index contributed by atoms with van der Waals surface area (Å²) in [5.41, 5.74) is 0. The van der Waals surface area contributed by atoms with Gasteiger partial charge in [0.15, 0.2) is 0 Å². The van der Waals surface area contributed by atoms with Gasteiger partial charge >= 0.3 is 0 Å². The average Bonchev–Trinajstić information content (AvgIpc) is 2.25. The topological polar surface area (TPSA) is 44.1 Å². The maximum atomic E-state index is 11.6. The molecule has 0 spiro atoms. The third kappa shape index (κ3) is 4.01. The van der Waals surface area contributed by atoms with E-state index in [1.165, 1.54) is 6.42 Å². The van der Waals surface area contributed by atoms with Gasteiger partial charge in [0.05, 0.1) is 11.8 Å². The van der Waals surface area contributed by atoms with Gasteiger partial charge < -0.3 is 4.90 Å². The maximum absolute atomic E-state index is 11.6. The van der Waals surface area contributed by atoms with Gasteiger partial charge in [0, 0.05) is 25.3 Å². The highest BCUT2D eigenvalue weighted by molar-refractivity contribution is 7.99. The van der Waals surface area contributed by atoms with Crippen molar-refractivity contribution in [3.05, 3.63) is 0 Å². The fraction of sp³-hybridized carbons (Fsp3) is 0.800. The summed E-state index contributed by atoms with van der Waals surface area (Å²) in [7, 11) is 0. The number of thioether (sulfide) groups is 1. The summed E-state index contributed by atoms with van der Waals surface area (Å²) in [6.07, 6.45) is 4.09. The normalized spacial score (nSPS) is 16.4. The first-order chi connectivity index (χ1) is 6.84. The number of hydrogen-bond acceptors (Lipinski definition) is 3. The molecule has 0 aromatic rings. The Morgan fingerprint density at radius 3 is 2.71 bits per heavy atom. The molecule has 0 saturated carbocycles. The van der Waals surface area contributed by atoms with E-state index in [4.69, 9.17) is 5.26 Å². The molecule has 0 atom stereocenters. The van der Waals surface area contributed by atoms with E-state index in [2.05, 4.69) is 6.07 Å². The third-order valence-corrected chi connectivity index (χ3v) is 3.24. The smallest absolute Gasteiger partial charge is 0.232 e. The third-order valence-electron chi connectivity index (χ3n) is 2.29. The van der Waals surface area contributed by atoms with Crippen molar-refractivity contribution < 1.29 is 4.79 Å². The minimum atomic E-state index is 0.243. The lowest BCUT2D eigenvalue weighted by Gasteiger charge is -2.26. The van der Waals surface area contributed by atoms with Crippen molar-refractivity contribution in [2.75, 3.05) is 24.6 Å². The lowest BCUT2D eigenvalue weighted by atomic mass is 10.1. The summed E-state index contributed by atoms with van der Waals surface area (Å²) in [4.78, 5) is 13.5. The van der Waals surface area contributed by atoms with Gasteiger partial charge in [0.25, 0.3) is 0 Å². The zero-order valence-corrected chi connectivity index (χ0v) is 9.18. The van der Waals surface area contributed by atoms with E-state index in [-0.39, 0.29) is 5.91 Å². The average molecular weight is 212 g/mol. The van der Waals surface area contributed by atoms with Crippen molar-refractivity contribution in [1.29, 1.82) is 5.26 Å². The second kappa shape index (κ2) is 6.72. The van der Waals surface area contributed by atoms with Crippen molar-refractivity contribution in [3.8, 4) is 6.07 Å². The Bertz CT molecular complexity index is 219. The van der Waals surface area contributed by atoms with E-state index >= 15 is 0 Å². The first-order valence-corrected chi connectivity index (χ1v) is 6.22. The van der Waals surface area contributed by atoms with Crippen LogP contribution < -0.4 is 0 Å². The van der Waals surface area contributed by atoms with Crippen LogP contribution in [-0.2, 0) is 4.79 Å². The number of amides is 1. The molecule has 1 fully saturated rings. The van der Waals surface area contributed by atoms with Crippen LogP contribution in [0.25, 0.3) is 0 Å². The van der Waals surface area contributed by atoms with Crippen LogP contribution in [0.15, 0.2) is 0 Å². The van der Waals surface area contributed by atoms with Crippen LogP contribution in [0, 0.1) is 11.3 Å². The van der Waals surface area contributed by atoms with E-state index in [1.807, 2.05) is 4.90 Å². The Balaban J connectivity index is 2.11. The van der Waals surface area contributed by atoms with Crippen molar-refractivity contribution >= 4 is 17.7 Å². The minimum Gasteiger partial charge on any atom is -0.342 e. The summed E-state index contributed by atoms with van der Waals surface area (Å²) in [6.45, 7) is 1.86. The number of rotatable bonds is 4. The molecule has 1 heterocycles. The standard InChI is InChI=1S/C10H16N2OS/c11-5-4-8-14-9-10(13)12-6-2-1-3-7-12/h1-4,6-9H2.